The fourth-order valence-electron chi connectivity index (χ4n) is 1.30. The summed E-state index contributed by atoms with van der Waals surface area (Å²) in [4.78, 5) is 4.16. The van der Waals surface area contributed by atoms with Crippen LogP contribution < -0.4 is 10.5 Å². The highest BCUT2D eigenvalue weighted by Crippen LogP contribution is 2.33. The van der Waals surface area contributed by atoms with E-state index in [-0.39, 0.29) is 0 Å². The Hall–Kier alpha value is -1.07. The van der Waals surface area contributed by atoms with Gasteiger partial charge in [-0.1, -0.05) is 15.9 Å². The first-order chi connectivity index (χ1) is 8.08. The van der Waals surface area contributed by atoms with Crippen LogP contribution in [0.15, 0.2) is 39.4 Å². The lowest BCUT2D eigenvalue weighted by Crippen LogP contribution is -1.95. The molecule has 1 aromatic heterocycles. The minimum atomic E-state index is 0.513. The highest BCUT2D eigenvalue weighted by Gasteiger charge is 2.08. The van der Waals surface area contributed by atoms with Crippen LogP contribution in [0.25, 0.3) is 0 Å². The van der Waals surface area contributed by atoms with E-state index < -0.39 is 0 Å². The lowest BCUT2D eigenvalue weighted by Gasteiger charge is -2.10. The molecule has 0 atom stereocenters. The highest BCUT2D eigenvalue weighted by atomic mass is 79.9. The van der Waals surface area contributed by atoms with E-state index in [0.717, 1.165) is 14.5 Å². The van der Waals surface area contributed by atoms with Crippen molar-refractivity contribution in [1.29, 1.82) is 0 Å². The summed E-state index contributed by atoms with van der Waals surface area (Å²) < 4.78 is 7.42. The molecule has 88 valence electrons. The van der Waals surface area contributed by atoms with Crippen molar-refractivity contribution >= 4 is 37.5 Å². The molecule has 5 heteroatoms. The van der Waals surface area contributed by atoms with Gasteiger partial charge in [-0.15, -0.1) is 0 Å². The molecular weight excluding hydrogens is 348 g/mol. The fourth-order valence-corrected chi connectivity index (χ4v) is 2.00. The molecule has 17 heavy (non-hydrogen) atoms. The van der Waals surface area contributed by atoms with E-state index in [4.69, 9.17) is 10.5 Å². The standard InChI is InChI=1S/C12H10Br2N2O/c1-7-4-5-16-12(11(7)14)17-10-3-2-8(13)6-9(10)15/h2-6H,15H2,1H3. The van der Waals surface area contributed by atoms with Gasteiger partial charge in [-0.05, 0) is 52.7 Å². The van der Waals surface area contributed by atoms with Crippen molar-refractivity contribution < 1.29 is 4.74 Å². The van der Waals surface area contributed by atoms with Crippen molar-refractivity contribution in [2.75, 3.05) is 5.73 Å². The number of nitrogens with zero attached hydrogens (tertiary/aromatic N) is 1. The number of nitrogen functional groups attached to an aromatic ring is 1. The SMILES string of the molecule is Cc1ccnc(Oc2ccc(Br)cc2N)c1Br. The van der Waals surface area contributed by atoms with Crippen LogP contribution in [0.4, 0.5) is 5.69 Å². The predicted molar refractivity (Wildman–Crippen MR) is 75.3 cm³/mol. The van der Waals surface area contributed by atoms with Gasteiger partial charge in [0.15, 0.2) is 5.75 Å². The summed E-state index contributed by atoms with van der Waals surface area (Å²) in [5.74, 6) is 1.10. The Balaban J connectivity index is 2.35. The van der Waals surface area contributed by atoms with E-state index in [9.17, 15) is 0 Å². The summed E-state index contributed by atoms with van der Waals surface area (Å²) in [6, 6.07) is 7.37. The second kappa shape index (κ2) is 5.06. The van der Waals surface area contributed by atoms with E-state index in [1.807, 2.05) is 19.1 Å². The third-order valence-corrected chi connectivity index (χ3v) is 3.69. The first-order valence-corrected chi connectivity index (χ1v) is 6.50. The number of rotatable bonds is 2. The number of aromatic nitrogens is 1. The zero-order chi connectivity index (χ0) is 12.4. The summed E-state index contributed by atoms with van der Waals surface area (Å²) in [5, 5.41) is 0. The van der Waals surface area contributed by atoms with Gasteiger partial charge in [0.05, 0.1) is 10.2 Å². The summed E-state index contributed by atoms with van der Waals surface area (Å²) in [6.45, 7) is 1.98. The Kier molecular flexibility index (Phi) is 3.69. The van der Waals surface area contributed by atoms with E-state index in [1.54, 1.807) is 18.3 Å². The summed E-state index contributed by atoms with van der Waals surface area (Å²) >= 11 is 6.79. The third-order valence-electron chi connectivity index (χ3n) is 2.23. The van der Waals surface area contributed by atoms with Crippen molar-refractivity contribution in [2.45, 2.75) is 6.92 Å². The Bertz CT molecular complexity index is 558. The molecule has 2 rings (SSSR count). The van der Waals surface area contributed by atoms with Crippen LogP contribution in [0.1, 0.15) is 5.56 Å². The first kappa shape index (κ1) is 12.4. The van der Waals surface area contributed by atoms with Crippen LogP contribution in [0.2, 0.25) is 0 Å². The number of hydrogen-bond donors (Lipinski definition) is 1. The average Bonchev–Trinajstić information content (AvgIpc) is 2.28. The average molecular weight is 358 g/mol. The molecule has 0 bridgehead atoms. The Labute approximate surface area is 116 Å². The molecular formula is C12H10Br2N2O. The fraction of sp³-hybridized carbons (Fsp3) is 0.0833. The maximum Gasteiger partial charge on any atom is 0.233 e. The highest BCUT2D eigenvalue weighted by molar-refractivity contribution is 9.10. The lowest BCUT2D eigenvalue weighted by atomic mass is 10.3. The van der Waals surface area contributed by atoms with Crippen LogP contribution in [0.3, 0.4) is 0 Å². The third kappa shape index (κ3) is 2.79. The molecule has 1 heterocycles. The van der Waals surface area contributed by atoms with Gasteiger partial charge in [0.25, 0.3) is 0 Å². The molecule has 0 radical (unpaired) electrons. The van der Waals surface area contributed by atoms with Crippen LogP contribution in [0, 0.1) is 6.92 Å². The molecule has 2 N–H and O–H groups in total. The normalized spacial score (nSPS) is 10.3. The molecule has 0 spiro atoms. The van der Waals surface area contributed by atoms with Gasteiger partial charge in [0.1, 0.15) is 0 Å². The van der Waals surface area contributed by atoms with Gasteiger partial charge < -0.3 is 10.5 Å². The predicted octanol–water partition coefficient (Wildman–Crippen LogP) is 4.29. The van der Waals surface area contributed by atoms with E-state index in [1.165, 1.54) is 0 Å². The molecule has 1 aromatic carbocycles. The molecule has 0 aliphatic heterocycles. The maximum absolute atomic E-state index is 5.86. The largest absolute Gasteiger partial charge is 0.436 e. The van der Waals surface area contributed by atoms with E-state index in [0.29, 0.717) is 17.3 Å². The van der Waals surface area contributed by atoms with Crippen molar-refractivity contribution in [3.63, 3.8) is 0 Å². The summed E-state index contributed by atoms with van der Waals surface area (Å²) in [6.07, 6.45) is 1.70. The zero-order valence-electron chi connectivity index (χ0n) is 9.08. The molecule has 3 nitrogen and oxygen atoms in total. The Morgan fingerprint density at radius 2 is 2.00 bits per heavy atom. The Morgan fingerprint density at radius 1 is 1.24 bits per heavy atom. The van der Waals surface area contributed by atoms with Gasteiger partial charge in [0, 0.05) is 10.7 Å². The monoisotopic (exact) mass is 356 g/mol. The van der Waals surface area contributed by atoms with Gasteiger partial charge >= 0.3 is 0 Å². The molecule has 0 aliphatic rings. The molecule has 0 aliphatic carbocycles. The number of hydrogen-bond acceptors (Lipinski definition) is 3. The number of pyridine rings is 1. The van der Waals surface area contributed by atoms with Crippen LogP contribution in [0.5, 0.6) is 11.6 Å². The number of anilines is 1. The zero-order valence-corrected chi connectivity index (χ0v) is 12.2. The van der Waals surface area contributed by atoms with Crippen LogP contribution in [-0.4, -0.2) is 4.98 Å². The van der Waals surface area contributed by atoms with Crippen molar-refractivity contribution in [3.05, 3.63) is 45.0 Å². The first-order valence-electron chi connectivity index (χ1n) is 4.92. The summed E-state index contributed by atoms with van der Waals surface area (Å²) in [7, 11) is 0. The van der Waals surface area contributed by atoms with Gasteiger partial charge in [-0.25, -0.2) is 4.98 Å². The number of nitrogens with two attached hydrogens (primary N) is 1. The number of halogens is 2. The van der Waals surface area contributed by atoms with Gasteiger partial charge in [-0.2, -0.15) is 0 Å². The van der Waals surface area contributed by atoms with Crippen LogP contribution >= 0.6 is 31.9 Å². The molecule has 0 unspecified atom stereocenters. The summed E-state index contributed by atoms with van der Waals surface area (Å²) in [5.41, 5.74) is 7.48. The number of ether oxygens (including phenoxy) is 1. The maximum atomic E-state index is 5.86. The lowest BCUT2D eigenvalue weighted by molar-refractivity contribution is 0.461. The van der Waals surface area contributed by atoms with Crippen molar-refractivity contribution in [1.82, 2.24) is 4.98 Å². The smallest absolute Gasteiger partial charge is 0.233 e. The topological polar surface area (TPSA) is 48.1 Å². The van der Waals surface area contributed by atoms with E-state index >= 15 is 0 Å². The number of benzene rings is 1. The minimum absolute atomic E-state index is 0.513. The number of aryl methyl sites for hydroxylation is 1. The molecule has 0 amide bonds. The Morgan fingerprint density at radius 3 is 2.71 bits per heavy atom. The van der Waals surface area contributed by atoms with Gasteiger partial charge in [-0.3, -0.25) is 0 Å². The molecule has 2 aromatic rings. The minimum Gasteiger partial charge on any atom is -0.436 e. The van der Waals surface area contributed by atoms with Crippen LogP contribution in [-0.2, 0) is 0 Å². The molecule has 0 fully saturated rings. The molecule has 0 saturated carbocycles. The second-order valence-corrected chi connectivity index (χ2v) is 5.24. The van der Waals surface area contributed by atoms with E-state index in [2.05, 4.69) is 36.8 Å². The van der Waals surface area contributed by atoms with Crippen molar-refractivity contribution in [2.24, 2.45) is 0 Å². The molecule has 0 saturated heterocycles. The van der Waals surface area contributed by atoms with Crippen molar-refractivity contribution in [3.8, 4) is 11.6 Å². The second-order valence-electron chi connectivity index (χ2n) is 3.53. The quantitative estimate of drug-likeness (QED) is 0.815. The van der Waals surface area contributed by atoms with Gasteiger partial charge in [0.2, 0.25) is 5.88 Å².